The number of thiazole rings is 1. The van der Waals surface area contributed by atoms with Crippen molar-refractivity contribution in [3.8, 4) is 6.07 Å². The summed E-state index contributed by atoms with van der Waals surface area (Å²) in [6.45, 7) is 0. The van der Waals surface area contributed by atoms with Gasteiger partial charge in [-0.15, -0.1) is 11.3 Å². The zero-order chi connectivity index (χ0) is 12.8. The van der Waals surface area contributed by atoms with E-state index in [0.29, 0.717) is 24.1 Å². The number of aromatic nitrogens is 1. The van der Waals surface area contributed by atoms with Crippen molar-refractivity contribution in [3.63, 3.8) is 0 Å². The molecule has 0 aliphatic rings. The fourth-order valence-electron chi connectivity index (χ4n) is 1.45. The molecule has 1 aromatic carbocycles. The quantitative estimate of drug-likeness (QED) is 0.915. The summed E-state index contributed by atoms with van der Waals surface area (Å²) in [5.41, 5.74) is 3.98. The smallest absolute Gasteiger partial charge is 0.224 e. The maximum Gasteiger partial charge on any atom is 0.224 e. The van der Waals surface area contributed by atoms with Gasteiger partial charge in [0, 0.05) is 17.5 Å². The number of carbonyl (C=O) groups excluding carboxylic acids is 1. The molecule has 2 rings (SSSR count). The Labute approximate surface area is 109 Å². The van der Waals surface area contributed by atoms with Gasteiger partial charge in [-0.05, 0) is 30.7 Å². The number of nitriles is 1. The number of hydrogen-bond donors (Lipinski definition) is 1. The average molecular weight is 257 g/mol. The third kappa shape index (κ3) is 3.40. The van der Waals surface area contributed by atoms with E-state index < -0.39 is 0 Å². The van der Waals surface area contributed by atoms with E-state index in [1.165, 1.54) is 11.3 Å². The molecule has 0 aliphatic carbocycles. The summed E-state index contributed by atoms with van der Waals surface area (Å²) in [6.07, 6.45) is 1.05. The first-order valence-electron chi connectivity index (χ1n) is 5.45. The lowest BCUT2D eigenvalue weighted by atomic mass is 10.2. The maximum absolute atomic E-state index is 11.7. The molecule has 0 aliphatic heterocycles. The van der Waals surface area contributed by atoms with Gasteiger partial charge in [-0.1, -0.05) is 0 Å². The predicted molar refractivity (Wildman–Crippen MR) is 70.2 cm³/mol. The molecule has 1 aromatic heterocycles. The second-order valence-electron chi connectivity index (χ2n) is 3.72. The van der Waals surface area contributed by atoms with Crippen LogP contribution < -0.4 is 5.32 Å². The SMILES string of the molecule is N#Cc1ccc(NC(=O)CCc2cscn2)cc1. The summed E-state index contributed by atoms with van der Waals surface area (Å²) >= 11 is 1.53. The van der Waals surface area contributed by atoms with E-state index in [9.17, 15) is 4.79 Å². The van der Waals surface area contributed by atoms with Crippen LogP contribution in [0.2, 0.25) is 0 Å². The highest BCUT2D eigenvalue weighted by Crippen LogP contribution is 2.10. The standard InChI is InChI=1S/C13H11N3OS/c14-7-10-1-3-11(4-2-10)16-13(17)6-5-12-8-18-9-15-12/h1-4,8-9H,5-6H2,(H,16,17). The first kappa shape index (κ1) is 12.3. The molecular weight excluding hydrogens is 246 g/mol. The molecule has 4 nitrogen and oxygen atoms in total. The van der Waals surface area contributed by atoms with Crippen molar-refractivity contribution in [3.05, 3.63) is 46.4 Å². The van der Waals surface area contributed by atoms with Gasteiger partial charge in [0.15, 0.2) is 0 Å². The van der Waals surface area contributed by atoms with Gasteiger partial charge in [-0.3, -0.25) is 4.79 Å². The molecule has 0 fully saturated rings. The maximum atomic E-state index is 11.7. The van der Waals surface area contributed by atoms with Gasteiger partial charge in [0.05, 0.1) is 22.8 Å². The fourth-order valence-corrected chi connectivity index (χ4v) is 2.05. The van der Waals surface area contributed by atoms with E-state index in [2.05, 4.69) is 10.3 Å². The van der Waals surface area contributed by atoms with Gasteiger partial charge in [-0.25, -0.2) is 4.98 Å². The summed E-state index contributed by atoms with van der Waals surface area (Å²) in [4.78, 5) is 15.8. The van der Waals surface area contributed by atoms with E-state index in [1.807, 2.05) is 11.4 Å². The minimum atomic E-state index is -0.0484. The highest BCUT2D eigenvalue weighted by Gasteiger charge is 2.04. The highest BCUT2D eigenvalue weighted by atomic mass is 32.1. The Bertz CT molecular complexity index is 555. The largest absolute Gasteiger partial charge is 0.326 e. The van der Waals surface area contributed by atoms with Crippen molar-refractivity contribution in [2.24, 2.45) is 0 Å². The number of rotatable bonds is 4. The van der Waals surface area contributed by atoms with E-state index >= 15 is 0 Å². The summed E-state index contributed by atoms with van der Waals surface area (Å²) in [7, 11) is 0. The number of hydrogen-bond acceptors (Lipinski definition) is 4. The molecule has 18 heavy (non-hydrogen) atoms. The molecule has 0 unspecified atom stereocenters. The summed E-state index contributed by atoms with van der Waals surface area (Å²) in [6, 6.07) is 8.83. The van der Waals surface area contributed by atoms with Crippen molar-refractivity contribution in [2.75, 3.05) is 5.32 Å². The monoisotopic (exact) mass is 257 g/mol. The molecule has 0 bridgehead atoms. The van der Waals surface area contributed by atoms with Crippen LogP contribution in [-0.2, 0) is 11.2 Å². The molecule has 2 aromatic rings. The number of benzene rings is 1. The van der Waals surface area contributed by atoms with Crippen molar-refractivity contribution in [1.29, 1.82) is 5.26 Å². The summed E-state index contributed by atoms with van der Waals surface area (Å²) in [5.74, 6) is -0.0484. The van der Waals surface area contributed by atoms with E-state index in [4.69, 9.17) is 5.26 Å². The lowest BCUT2D eigenvalue weighted by Gasteiger charge is -2.04. The number of anilines is 1. The molecule has 1 heterocycles. The Kier molecular flexibility index (Phi) is 4.05. The van der Waals surface area contributed by atoms with E-state index in [-0.39, 0.29) is 5.91 Å². The van der Waals surface area contributed by atoms with Gasteiger partial charge in [0.1, 0.15) is 0 Å². The van der Waals surface area contributed by atoms with Crippen LogP contribution in [0, 0.1) is 11.3 Å². The second kappa shape index (κ2) is 5.94. The fraction of sp³-hybridized carbons (Fsp3) is 0.154. The molecule has 0 spiro atoms. The minimum absolute atomic E-state index is 0.0484. The third-order valence-electron chi connectivity index (χ3n) is 2.39. The number of amides is 1. The van der Waals surface area contributed by atoms with Gasteiger partial charge < -0.3 is 5.32 Å². The minimum Gasteiger partial charge on any atom is -0.326 e. The second-order valence-corrected chi connectivity index (χ2v) is 4.44. The topological polar surface area (TPSA) is 65.8 Å². The Hall–Kier alpha value is -2.19. The van der Waals surface area contributed by atoms with Crippen LogP contribution in [0.5, 0.6) is 0 Å². The Morgan fingerprint density at radius 3 is 2.78 bits per heavy atom. The van der Waals surface area contributed by atoms with Crippen LogP contribution in [0.3, 0.4) is 0 Å². The number of aryl methyl sites for hydroxylation is 1. The van der Waals surface area contributed by atoms with Crippen molar-refractivity contribution >= 4 is 22.9 Å². The third-order valence-corrected chi connectivity index (χ3v) is 3.02. The molecule has 1 N–H and O–H groups in total. The van der Waals surface area contributed by atoms with Crippen molar-refractivity contribution in [2.45, 2.75) is 12.8 Å². The Balaban J connectivity index is 1.85. The Morgan fingerprint density at radius 2 is 2.17 bits per heavy atom. The molecule has 0 atom stereocenters. The van der Waals surface area contributed by atoms with Crippen LogP contribution in [-0.4, -0.2) is 10.9 Å². The summed E-state index contributed by atoms with van der Waals surface area (Å²) < 4.78 is 0. The molecule has 0 saturated heterocycles. The first-order chi connectivity index (χ1) is 8.78. The van der Waals surface area contributed by atoms with Gasteiger partial charge in [-0.2, -0.15) is 5.26 Å². The van der Waals surface area contributed by atoms with Gasteiger partial charge >= 0.3 is 0 Å². The first-order valence-corrected chi connectivity index (χ1v) is 6.39. The zero-order valence-corrected chi connectivity index (χ0v) is 10.4. The molecule has 90 valence electrons. The van der Waals surface area contributed by atoms with Gasteiger partial charge in [0.2, 0.25) is 5.91 Å². The molecule has 0 saturated carbocycles. The van der Waals surface area contributed by atoms with Crippen LogP contribution in [0.1, 0.15) is 17.7 Å². The number of carbonyl (C=O) groups is 1. The number of nitrogens with zero attached hydrogens (tertiary/aromatic N) is 2. The van der Waals surface area contributed by atoms with Crippen molar-refractivity contribution < 1.29 is 4.79 Å². The zero-order valence-electron chi connectivity index (χ0n) is 9.59. The summed E-state index contributed by atoms with van der Waals surface area (Å²) in [5, 5.41) is 13.4. The molecule has 1 amide bonds. The lowest BCUT2D eigenvalue weighted by molar-refractivity contribution is -0.116. The van der Waals surface area contributed by atoms with Gasteiger partial charge in [0.25, 0.3) is 0 Å². The van der Waals surface area contributed by atoms with E-state index in [1.54, 1.807) is 29.8 Å². The molecule has 5 heteroatoms. The van der Waals surface area contributed by atoms with Crippen LogP contribution in [0.25, 0.3) is 0 Å². The van der Waals surface area contributed by atoms with Crippen LogP contribution in [0.15, 0.2) is 35.2 Å². The predicted octanol–water partition coefficient (Wildman–Crippen LogP) is 2.59. The average Bonchev–Trinajstić information content (AvgIpc) is 2.90. The van der Waals surface area contributed by atoms with E-state index in [0.717, 1.165) is 5.69 Å². The van der Waals surface area contributed by atoms with Crippen LogP contribution in [0.4, 0.5) is 5.69 Å². The normalized spacial score (nSPS) is 9.72. The highest BCUT2D eigenvalue weighted by molar-refractivity contribution is 7.07. The number of nitrogens with one attached hydrogen (secondary N) is 1. The van der Waals surface area contributed by atoms with Crippen LogP contribution >= 0.6 is 11.3 Å². The molecule has 0 radical (unpaired) electrons. The lowest BCUT2D eigenvalue weighted by Crippen LogP contribution is -2.12. The van der Waals surface area contributed by atoms with Crippen molar-refractivity contribution in [1.82, 2.24) is 4.98 Å². The Morgan fingerprint density at radius 1 is 1.39 bits per heavy atom. The molecular formula is C13H11N3OS.